The van der Waals surface area contributed by atoms with E-state index in [0.717, 1.165) is 31.6 Å². The van der Waals surface area contributed by atoms with Gasteiger partial charge in [-0.3, -0.25) is 4.79 Å². The van der Waals surface area contributed by atoms with Crippen molar-refractivity contribution in [2.75, 3.05) is 18.0 Å². The lowest BCUT2D eigenvalue weighted by atomic mass is 10.1. The van der Waals surface area contributed by atoms with Crippen LogP contribution in [0.2, 0.25) is 10.0 Å². The Morgan fingerprint density at radius 3 is 2.50 bits per heavy atom. The summed E-state index contributed by atoms with van der Waals surface area (Å²) in [7, 11) is 0. The number of halogens is 2. The Morgan fingerprint density at radius 1 is 1.28 bits per heavy atom. The molecule has 2 rings (SSSR count). The van der Waals surface area contributed by atoms with Gasteiger partial charge in [-0.05, 0) is 31.0 Å². The van der Waals surface area contributed by atoms with E-state index in [1.165, 1.54) is 11.8 Å². The molecule has 1 aromatic rings. The van der Waals surface area contributed by atoms with E-state index in [2.05, 4.69) is 4.90 Å². The van der Waals surface area contributed by atoms with Crippen LogP contribution in [0.5, 0.6) is 0 Å². The maximum atomic E-state index is 11.1. The number of thioether (sulfide) groups is 1. The number of nitrogens with zero attached hydrogens (tertiary/aromatic N) is 1. The lowest BCUT2D eigenvalue weighted by molar-refractivity contribution is -0.109. The van der Waals surface area contributed by atoms with E-state index < -0.39 is 0 Å². The van der Waals surface area contributed by atoms with Crippen LogP contribution in [0.4, 0.5) is 5.69 Å². The number of benzene rings is 1. The molecule has 5 heteroatoms. The Kier molecular flexibility index (Phi) is 4.82. The van der Waals surface area contributed by atoms with Gasteiger partial charge in [0.25, 0.3) is 0 Å². The summed E-state index contributed by atoms with van der Waals surface area (Å²) in [6, 6.07) is 5.73. The van der Waals surface area contributed by atoms with Crippen molar-refractivity contribution in [2.24, 2.45) is 0 Å². The third-order valence-electron chi connectivity index (χ3n) is 3.04. The van der Waals surface area contributed by atoms with E-state index in [9.17, 15) is 4.79 Å². The summed E-state index contributed by atoms with van der Waals surface area (Å²) in [5.41, 5.74) is 1.11. The van der Waals surface area contributed by atoms with Crippen LogP contribution in [0, 0.1) is 0 Å². The normalized spacial score (nSPS) is 16.9. The number of carbonyl (C=O) groups is 1. The summed E-state index contributed by atoms with van der Waals surface area (Å²) in [4.78, 5) is 13.4. The molecule has 0 N–H and O–H groups in total. The molecule has 0 unspecified atom stereocenters. The summed E-state index contributed by atoms with van der Waals surface area (Å²) in [5.74, 6) is 0. The van der Waals surface area contributed by atoms with Crippen molar-refractivity contribution in [3.8, 4) is 0 Å². The predicted molar refractivity (Wildman–Crippen MR) is 80.0 cm³/mol. The summed E-state index contributed by atoms with van der Waals surface area (Å²) < 4.78 is 0. The molecule has 1 saturated heterocycles. The lowest BCUT2D eigenvalue weighted by Gasteiger charge is -2.33. The summed E-state index contributed by atoms with van der Waals surface area (Å²) in [6.45, 7) is 3.56. The quantitative estimate of drug-likeness (QED) is 0.815. The third kappa shape index (κ3) is 3.56. The van der Waals surface area contributed by atoms with Crippen LogP contribution in [0.1, 0.15) is 19.8 Å². The molecule has 1 aliphatic heterocycles. The SMILES string of the molecule is CC(=O)SC1CCN(c2ccc(Cl)c(Cl)c2)CC1. The highest BCUT2D eigenvalue weighted by Crippen LogP contribution is 2.31. The van der Waals surface area contributed by atoms with Gasteiger partial charge in [-0.1, -0.05) is 35.0 Å². The molecule has 0 spiro atoms. The largest absolute Gasteiger partial charge is 0.371 e. The molecule has 0 amide bonds. The van der Waals surface area contributed by atoms with E-state index >= 15 is 0 Å². The molecule has 1 fully saturated rings. The van der Waals surface area contributed by atoms with Gasteiger partial charge in [0.1, 0.15) is 0 Å². The molecule has 18 heavy (non-hydrogen) atoms. The zero-order valence-corrected chi connectivity index (χ0v) is 12.5. The first-order valence-corrected chi connectivity index (χ1v) is 7.57. The van der Waals surface area contributed by atoms with Crippen LogP contribution >= 0.6 is 35.0 Å². The molecule has 0 aromatic heterocycles. The number of hydrogen-bond acceptors (Lipinski definition) is 3. The summed E-state index contributed by atoms with van der Waals surface area (Å²) in [5, 5.41) is 1.85. The van der Waals surface area contributed by atoms with Gasteiger partial charge < -0.3 is 4.90 Å². The van der Waals surface area contributed by atoms with Crippen LogP contribution < -0.4 is 4.90 Å². The maximum Gasteiger partial charge on any atom is 0.186 e. The van der Waals surface area contributed by atoms with Crippen LogP contribution in [0.15, 0.2) is 18.2 Å². The number of piperidine rings is 1. The second-order valence-corrected chi connectivity index (χ2v) is 6.69. The first kappa shape index (κ1) is 14.0. The molecule has 2 nitrogen and oxygen atoms in total. The summed E-state index contributed by atoms with van der Waals surface area (Å²) in [6.07, 6.45) is 2.06. The molecule has 1 aliphatic rings. The first-order chi connectivity index (χ1) is 8.56. The topological polar surface area (TPSA) is 20.3 Å². The second kappa shape index (κ2) is 6.18. The Bertz CT molecular complexity index is 445. The van der Waals surface area contributed by atoms with Crippen molar-refractivity contribution in [2.45, 2.75) is 25.0 Å². The van der Waals surface area contributed by atoms with E-state index in [0.29, 0.717) is 15.3 Å². The van der Waals surface area contributed by atoms with Gasteiger partial charge in [0, 0.05) is 31.0 Å². The predicted octanol–water partition coefficient (Wildman–Crippen LogP) is 4.24. The van der Waals surface area contributed by atoms with Crippen LogP contribution in [-0.4, -0.2) is 23.5 Å². The van der Waals surface area contributed by atoms with Gasteiger partial charge in [-0.15, -0.1) is 0 Å². The van der Waals surface area contributed by atoms with E-state index in [1.54, 1.807) is 6.92 Å². The zero-order chi connectivity index (χ0) is 13.1. The molecular weight excluding hydrogens is 289 g/mol. The molecule has 1 aromatic carbocycles. The van der Waals surface area contributed by atoms with E-state index in [-0.39, 0.29) is 5.12 Å². The van der Waals surface area contributed by atoms with Crippen molar-refractivity contribution in [1.29, 1.82) is 0 Å². The van der Waals surface area contributed by atoms with Gasteiger partial charge in [0.05, 0.1) is 10.0 Å². The van der Waals surface area contributed by atoms with Crippen LogP contribution in [0.25, 0.3) is 0 Å². The Morgan fingerprint density at radius 2 is 1.94 bits per heavy atom. The minimum absolute atomic E-state index is 0.211. The molecular formula is C13H15Cl2NOS. The van der Waals surface area contributed by atoms with Gasteiger partial charge in [0.2, 0.25) is 0 Å². The highest BCUT2D eigenvalue weighted by molar-refractivity contribution is 8.14. The average Bonchev–Trinajstić information content (AvgIpc) is 2.33. The van der Waals surface area contributed by atoms with Gasteiger partial charge >= 0.3 is 0 Å². The summed E-state index contributed by atoms with van der Waals surface area (Å²) >= 11 is 13.4. The highest BCUT2D eigenvalue weighted by atomic mass is 35.5. The van der Waals surface area contributed by atoms with Crippen molar-refractivity contribution in [3.63, 3.8) is 0 Å². The second-order valence-electron chi connectivity index (χ2n) is 4.39. The van der Waals surface area contributed by atoms with E-state index in [1.807, 2.05) is 18.2 Å². The van der Waals surface area contributed by atoms with Gasteiger partial charge in [-0.25, -0.2) is 0 Å². The Hall–Kier alpha value is -0.380. The van der Waals surface area contributed by atoms with Crippen molar-refractivity contribution >= 4 is 45.8 Å². The van der Waals surface area contributed by atoms with Crippen LogP contribution in [0.3, 0.4) is 0 Å². The fourth-order valence-electron chi connectivity index (χ4n) is 2.15. The molecule has 0 saturated carbocycles. The van der Waals surface area contributed by atoms with Crippen molar-refractivity contribution in [1.82, 2.24) is 0 Å². The number of hydrogen-bond donors (Lipinski definition) is 0. The van der Waals surface area contributed by atoms with E-state index in [4.69, 9.17) is 23.2 Å². The monoisotopic (exact) mass is 303 g/mol. The van der Waals surface area contributed by atoms with Crippen molar-refractivity contribution in [3.05, 3.63) is 28.2 Å². The molecule has 0 atom stereocenters. The maximum absolute atomic E-state index is 11.1. The Labute approximate surface area is 122 Å². The smallest absolute Gasteiger partial charge is 0.186 e. The standard InChI is InChI=1S/C13H15Cl2NOS/c1-9(17)18-11-4-6-16(7-5-11)10-2-3-12(14)13(15)8-10/h2-3,8,11H,4-7H2,1H3. The third-order valence-corrected chi connectivity index (χ3v) is 4.92. The zero-order valence-electron chi connectivity index (χ0n) is 10.2. The molecule has 0 aliphatic carbocycles. The van der Waals surface area contributed by atoms with Crippen molar-refractivity contribution < 1.29 is 4.79 Å². The van der Waals surface area contributed by atoms with Crippen LogP contribution in [-0.2, 0) is 4.79 Å². The molecule has 0 radical (unpaired) electrons. The minimum Gasteiger partial charge on any atom is -0.371 e. The molecule has 1 heterocycles. The highest BCUT2D eigenvalue weighted by Gasteiger charge is 2.21. The number of rotatable bonds is 2. The number of anilines is 1. The minimum atomic E-state index is 0.211. The molecule has 0 bridgehead atoms. The Balaban J connectivity index is 1.96. The van der Waals surface area contributed by atoms with Gasteiger partial charge in [-0.2, -0.15) is 0 Å². The lowest BCUT2D eigenvalue weighted by Crippen LogP contribution is -2.35. The van der Waals surface area contributed by atoms with Gasteiger partial charge in [0.15, 0.2) is 5.12 Å². The fraction of sp³-hybridized carbons (Fsp3) is 0.462. The fourth-order valence-corrected chi connectivity index (χ4v) is 3.36. The molecule has 98 valence electrons. The number of carbonyl (C=O) groups excluding carboxylic acids is 1. The first-order valence-electron chi connectivity index (χ1n) is 5.93. The average molecular weight is 304 g/mol.